The molecule has 0 aliphatic rings. The third kappa shape index (κ3) is 3.74. The molecule has 1 nitrogen and oxygen atoms in total. The molecule has 0 radical (unpaired) electrons. The maximum absolute atomic E-state index is 11.9. The zero-order valence-electron chi connectivity index (χ0n) is 5.43. The van der Waals surface area contributed by atoms with E-state index in [2.05, 4.69) is 0 Å². The SMILES string of the molecule is FNC(F)(F)C(F)CC(F)(F)F. The normalized spacial score (nSPS) is 16.2. The van der Waals surface area contributed by atoms with Crippen molar-refractivity contribution in [2.45, 2.75) is 24.8 Å². The van der Waals surface area contributed by atoms with E-state index in [0.717, 1.165) is 0 Å². The van der Waals surface area contributed by atoms with Crippen LogP contribution in [0.4, 0.5) is 30.8 Å². The molecule has 0 aromatic carbocycles. The van der Waals surface area contributed by atoms with E-state index < -0.39 is 24.8 Å². The van der Waals surface area contributed by atoms with Gasteiger partial charge in [0.15, 0.2) is 6.17 Å². The van der Waals surface area contributed by atoms with Crippen LogP contribution in [0.5, 0.6) is 0 Å². The minimum absolute atomic E-state index is 0.345. The van der Waals surface area contributed by atoms with Gasteiger partial charge in [0.2, 0.25) is 0 Å². The van der Waals surface area contributed by atoms with Crippen LogP contribution < -0.4 is 5.54 Å². The van der Waals surface area contributed by atoms with Gasteiger partial charge in [-0.25, -0.2) is 4.39 Å². The Morgan fingerprint density at radius 2 is 1.50 bits per heavy atom. The minimum atomic E-state index is -5.08. The van der Waals surface area contributed by atoms with E-state index in [0.29, 0.717) is 0 Å². The second-order valence-corrected chi connectivity index (χ2v) is 2.00. The Bertz CT molecular complexity index is 141. The van der Waals surface area contributed by atoms with Gasteiger partial charge in [-0.05, 0) is 0 Å². The Kier molecular flexibility index (Phi) is 3.31. The molecule has 0 aliphatic heterocycles. The molecule has 0 amide bonds. The van der Waals surface area contributed by atoms with Crippen molar-refractivity contribution in [2.24, 2.45) is 0 Å². The molecule has 0 fully saturated rings. The highest BCUT2D eigenvalue weighted by Crippen LogP contribution is 2.30. The van der Waals surface area contributed by atoms with Crippen molar-refractivity contribution in [1.82, 2.24) is 5.54 Å². The molecule has 0 aliphatic carbocycles. The largest absolute Gasteiger partial charge is 0.392 e. The summed E-state index contributed by atoms with van der Waals surface area (Å²) in [7, 11) is 0. The summed E-state index contributed by atoms with van der Waals surface area (Å²) in [5.41, 5.74) is -0.345. The third-order valence-corrected chi connectivity index (χ3v) is 0.930. The van der Waals surface area contributed by atoms with Crippen LogP contribution in [0.2, 0.25) is 0 Å². The minimum Gasteiger partial charge on any atom is -0.239 e. The van der Waals surface area contributed by atoms with Gasteiger partial charge in [0.25, 0.3) is 0 Å². The van der Waals surface area contributed by atoms with E-state index in [1.165, 1.54) is 0 Å². The highest BCUT2D eigenvalue weighted by Gasteiger charge is 2.47. The Balaban J connectivity index is 4.13. The quantitative estimate of drug-likeness (QED) is 0.418. The number of rotatable bonds is 3. The Morgan fingerprint density at radius 1 is 1.08 bits per heavy atom. The number of hydrogen-bond donors (Lipinski definition) is 1. The molecule has 0 aromatic rings. The summed E-state index contributed by atoms with van der Waals surface area (Å²) in [6.07, 6.45) is -11.1. The molecule has 1 atom stereocenters. The first-order chi connectivity index (χ1) is 5.19. The van der Waals surface area contributed by atoms with E-state index in [-0.39, 0.29) is 5.54 Å². The summed E-state index contributed by atoms with van der Waals surface area (Å²) in [5.74, 6) is 0. The van der Waals surface area contributed by atoms with Crippen molar-refractivity contribution in [1.29, 1.82) is 0 Å². The maximum atomic E-state index is 11.9. The van der Waals surface area contributed by atoms with E-state index in [4.69, 9.17) is 0 Å². The molecule has 0 bridgehead atoms. The first-order valence-electron chi connectivity index (χ1n) is 2.65. The molecule has 12 heavy (non-hydrogen) atoms. The first kappa shape index (κ1) is 11.5. The van der Waals surface area contributed by atoms with Crippen molar-refractivity contribution in [3.8, 4) is 0 Å². The fraction of sp³-hybridized carbons (Fsp3) is 1.00. The summed E-state index contributed by atoms with van der Waals surface area (Å²) in [6, 6.07) is -4.80. The molecule has 0 saturated carbocycles. The van der Waals surface area contributed by atoms with Gasteiger partial charge in [-0.1, -0.05) is 5.54 Å². The second kappa shape index (κ2) is 3.46. The third-order valence-electron chi connectivity index (χ3n) is 0.930. The van der Waals surface area contributed by atoms with Gasteiger partial charge in [0.05, 0.1) is 6.42 Å². The van der Waals surface area contributed by atoms with Gasteiger partial charge in [-0.3, -0.25) is 0 Å². The lowest BCUT2D eigenvalue weighted by molar-refractivity contribution is -0.198. The highest BCUT2D eigenvalue weighted by atomic mass is 19.4. The van der Waals surface area contributed by atoms with Crippen LogP contribution in [0, 0.1) is 0 Å². The molecule has 8 heteroatoms. The molecule has 0 heterocycles. The Morgan fingerprint density at radius 3 is 1.75 bits per heavy atom. The lowest BCUT2D eigenvalue weighted by Crippen LogP contribution is -2.42. The fourth-order valence-electron chi connectivity index (χ4n) is 0.391. The number of hydrogen-bond acceptors (Lipinski definition) is 1. The molecule has 1 N–H and O–H groups in total. The molecule has 74 valence electrons. The van der Waals surface area contributed by atoms with Gasteiger partial charge >= 0.3 is 12.2 Å². The van der Waals surface area contributed by atoms with Crippen LogP contribution in [-0.4, -0.2) is 18.4 Å². The standard InChI is InChI=1S/C4H4F7N/c5-2(1-3(6,7)8)4(9,10)12-11/h2,12H,1H2. The molecular weight excluding hydrogens is 195 g/mol. The lowest BCUT2D eigenvalue weighted by atomic mass is 10.2. The van der Waals surface area contributed by atoms with Gasteiger partial charge in [-0.15, -0.1) is 4.48 Å². The maximum Gasteiger partial charge on any atom is 0.392 e. The van der Waals surface area contributed by atoms with E-state index >= 15 is 0 Å². The second-order valence-electron chi connectivity index (χ2n) is 2.00. The Hall–Kier alpha value is -0.530. The van der Waals surface area contributed by atoms with E-state index in [1.807, 2.05) is 0 Å². The zero-order valence-corrected chi connectivity index (χ0v) is 5.43. The van der Waals surface area contributed by atoms with Crippen LogP contribution >= 0.6 is 0 Å². The summed E-state index contributed by atoms with van der Waals surface area (Å²) >= 11 is 0. The fourth-order valence-corrected chi connectivity index (χ4v) is 0.391. The van der Waals surface area contributed by atoms with Gasteiger partial charge in [-0.2, -0.15) is 22.0 Å². The van der Waals surface area contributed by atoms with Crippen LogP contribution in [0.15, 0.2) is 0 Å². The topological polar surface area (TPSA) is 12.0 Å². The van der Waals surface area contributed by atoms with Crippen LogP contribution in [0.3, 0.4) is 0 Å². The summed E-state index contributed by atoms with van der Waals surface area (Å²) in [4.78, 5) is 0. The van der Waals surface area contributed by atoms with Crippen LogP contribution in [0.1, 0.15) is 6.42 Å². The zero-order chi connectivity index (χ0) is 9.99. The van der Waals surface area contributed by atoms with Crippen molar-refractivity contribution in [3.05, 3.63) is 0 Å². The molecule has 0 saturated heterocycles. The van der Waals surface area contributed by atoms with Crippen LogP contribution in [0.25, 0.3) is 0 Å². The predicted molar refractivity (Wildman–Crippen MR) is 24.8 cm³/mol. The Labute approximate surface area is 62.5 Å². The predicted octanol–water partition coefficient (Wildman–Crippen LogP) is 2.34. The molecule has 0 rings (SSSR count). The van der Waals surface area contributed by atoms with Crippen molar-refractivity contribution >= 4 is 0 Å². The van der Waals surface area contributed by atoms with Crippen molar-refractivity contribution in [2.75, 3.05) is 0 Å². The monoisotopic (exact) mass is 199 g/mol. The van der Waals surface area contributed by atoms with Crippen LogP contribution in [-0.2, 0) is 0 Å². The average molecular weight is 199 g/mol. The van der Waals surface area contributed by atoms with E-state index in [9.17, 15) is 30.8 Å². The summed E-state index contributed by atoms with van der Waals surface area (Å²) in [5, 5.41) is 0. The average Bonchev–Trinajstić information content (AvgIpc) is 1.84. The van der Waals surface area contributed by atoms with Gasteiger partial charge in [0, 0.05) is 0 Å². The smallest absolute Gasteiger partial charge is 0.239 e. The molecular formula is C4H4F7N. The molecule has 0 spiro atoms. The number of alkyl halides is 6. The van der Waals surface area contributed by atoms with Gasteiger partial charge < -0.3 is 0 Å². The van der Waals surface area contributed by atoms with E-state index in [1.54, 1.807) is 0 Å². The van der Waals surface area contributed by atoms with Crippen molar-refractivity contribution in [3.63, 3.8) is 0 Å². The molecule has 1 unspecified atom stereocenters. The van der Waals surface area contributed by atoms with Gasteiger partial charge in [0.1, 0.15) is 0 Å². The molecule has 0 aromatic heterocycles. The lowest BCUT2D eigenvalue weighted by Gasteiger charge is -2.18. The number of halogens is 7. The number of nitrogens with one attached hydrogen (secondary N) is 1. The first-order valence-corrected chi connectivity index (χ1v) is 2.65. The summed E-state index contributed by atoms with van der Waals surface area (Å²) in [6.45, 7) is 0. The van der Waals surface area contributed by atoms with Crippen molar-refractivity contribution < 1.29 is 30.8 Å². The highest BCUT2D eigenvalue weighted by molar-refractivity contribution is 4.73. The summed E-state index contributed by atoms with van der Waals surface area (Å²) < 4.78 is 80.1.